The molecule has 2 fully saturated rings. The quantitative estimate of drug-likeness (QED) is 0.310. The van der Waals surface area contributed by atoms with Crippen molar-refractivity contribution in [2.24, 2.45) is 0 Å². The number of anilines is 3. The average Bonchev–Trinajstić information content (AvgIpc) is 3.54. The first-order chi connectivity index (χ1) is 19.7. The first-order valence-electron chi connectivity index (χ1n) is 14.1. The summed E-state index contributed by atoms with van der Waals surface area (Å²) < 4.78 is 12.0. The number of nitrogens with one attached hydrogen (secondary N) is 2. The predicted octanol–water partition coefficient (Wildman–Crippen LogP) is 5.18. The van der Waals surface area contributed by atoms with Crippen molar-refractivity contribution in [1.29, 1.82) is 0 Å². The van der Waals surface area contributed by atoms with Crippen LogP contribution in [-0.4, -0.2) is 49.4 Å². The second-order valence-electron chi connectivity index (χ2n) is 10.7. The van der Waals surface area contributed by atoms with E-state index >= 15 is 0 Å². The third-order valence-corrected chi connectivity index (χ3v) is 7.99. The molecule has 3 aliphatic rings. The molecule has 0 bridgehead atoms. The Morgan fingerprint density at radius 3 is 2.60 bits per heavy atom. The van der Waals surface area contributed by atoms with Gasteiger partial charge in [0.25, 0.3) is 0 Å². The van der Waals surface area contributed by atoms with Crippen LogP contribution in [0.5, 0.6) is 11.5 Å². The third-order valence-electron chi connectivity index (χ3n) is 7.99. The Balaban J connectivity index is 1.10. The zero-order valence-corrected chi connectivity index (χ0v) is 22.5. The van der Waals surface area contributed by atoms with Crippen molar-refractivity contribution in [2.75, 3.05) is 54.5 Å². The van der Waals surface area contributed by atoms with E-state index in [1.165, 1.54) is 24.1 Å². The topological polar surface area (TPSA) is 82.7 Å². The third kappa shape index (κ3) is 5.02. The molecular formula is C32H33N5O3. The smallest absolute Gasteiger partial charge is 0.250 e. The number of H-pyrrole nitrogens is 1. The summed E-state index contributed by atoms with van der Waals surface area (Å²) in [6.45, 7) is 5.82. The number of morpholine rings is 1. The van der Waals surface area contributed by atoms with Gasteiger partial charge in [-0.3, -0.25) is 9.78 Å². The number of fused-ring (bicyclic) bond motifs is 2. The molecule has 0 aliphatic carbocycles. The van der Waals surface area contributed by atoms with Gasteiger partial charge < -0.3 is 29.6 Å². The summed E-state index contributed by atoms with van der Waals surface area (Å²) in [5, 5.41) is 3.57. The van der Waals surface area contributed by atoms with Crippen molar-refractivity contribution < 1.29 is 9.47 Å². The van der Waals surface area contributed by atoms with Crippen molar-refractivity contribution >= 4 is 17.1 Å². The standard InChI is InChI=1S/C32H33N5O3/c38-31-18-26(37-10-12-39-13-11-37)17-29(35-31)28-5-3-4-23-15-24-16-25(6-7-30(24)40-32(23)28)34-20-22-14-27(21-33-19-22)36-8-1-2-9-36/h3-7,14,16-19,21,34H,1-2,8-13,15,20H2,(H,35,38). The van der Waals surface area contributed by atoms with Gasteiger partial charge in [0.05, 0.1) is 30.8 Å². The second-order valence-corrected chi connectivity index (χ2v) is 10.7. The Hall–Kier alpha value is -4.30. The molecule has 3 aliphatic heterocycles. The zero-order chi connectivity index (χ0) is 26.9. The largest absolute Gasteiger partial charge is 0.456 e. The van der Waals surface area contributed by atoms with Crippen LogP contribution in [0.15, 0.2) is 71.8 Å². The van der Waals surface area contributed by atoms with Gasteiger partial charge in [0.15, 0.2) is 0 Å². The highest BCUT2D eigenvalue weighted by Gasteiger charge is 2.22. The van der Waals surface area contributed by atoms with E-state index in [1.807, 2.05) is 36.7 Å². The molecule has 204 valence electrons. The number of aromatic amines is 1. The number of hydrogen-bond donors (Lipinski definition) is 2. The lowest BCUT2D eigenvalue weighted by Gasteiger charge is -2.29. The highest BCUT2D eigenvalue weighted by molar-refractivity contribution is 5.74. The number of benzene rings is 2. The molecule has 0 saturated carbocycles. The SMILES string of the molecule is O=c1cc(N2CCOCC2)cc(-c2cccc3c2Oc2ccc(NCc4cncc(N5CCCC5)c4)cc2C3)[nH]1. The highest BCUT2D eigenvalue weighted by atomic mass is 16.5. The summed E-state index contributed by atoms with van der Waals surface area (Å²) >= 11 is 0. The van der Waals surface area contributed by atoms with Crippen LogP contribution >= 0.6 is 0 Å². The molecule has 2 saturated heterocycles. The predicted molar refractivity (Wildman–Crippen MR) is 158 cm³/mol. The summed E-state index contributed by atoms with van der Waals surface area (Å²) in [7, 11) is 0. The molecule has 0 atom stereocenters. The summed E-state index contributed by atoms with van der Waals surface area (Å²) in [6, 6.07) is 18.3. The fraction of sp³-hybridized carbons (Fsp3) is 0.312. The van der Waals surface area contributed by atoms with Crippen LogP contribution in [0.4, 0.5) is 17.1 Å². The van der Waals surface area contributed by atoms with Gasteiger partial charge in [-0.1, -0.05) is 12.1 Å². The van der Waals surface area contributed by atoms with E-state index in [4.69, 9.17) is 9.47 Å². The Morgan fingerprint density at radius 2 is 1.73 bits per heavy atom. The average molecular weight is 536 g/mol. The Morgan fingerprint density at radius 1 is 0.875 bits per heavy atom. The normalized spacial score (nSPS) is 16.3. The van der Waals surface area contributed by atoms with E-state index in [0.29, 0.717) is 19.8 Å². The Labute approximate surface area is 233 Å². The molecule has 0 radical (unpaired) electrons. The van der Waals surface area contributed by atoms with Crippen LogP contribution in [0.25, 0.3) is 11.3 Å². The molecule has 0 spiro atoms. The van der Waals surface area contributed by atoms with Gasteiger partial charge in [-0.15, -0.1) is 0 Å². The maximum atomic E-state index is 12.6. The lowest BCUT2D eigenvalue weighted by atomic mass is 9.96. The van der Waals surface area contributed by atoms with Gasteiger partial charge in [-0.05, 0) is 60.4 Å². The van der Waals surface area contributed by atoms with E-state index in [1.54, 1.807) is 6.07 Å². The molecule has 8 nitrogen and oxygen atoms in total. The van der Waals surface area contributed by atoms with E-state index in [-0.39, 0.29) is 5.56 Å². The molecule has 0 amide bonds. The maximum Gasteiger partial charge on any atom is 0.250 e. The molecule has 5 heterocycles. The first-order valence-corrected chi connectivity index (χ1v) is 14.1. The number of hydrogen-bond acceptors (Lipinski definition) is 7. The lowest BCUT2D eigenvalue weighted by Crippen LogP contribution is -2.36. The van der Waals surface area contributed by atoms with Gasteiger partial charge in [0, 0.05) is 73.9 Å². The minimum absolute atomic E-state index is 0.121. The highest BCUT2D eigenvalue weighted by Crippen LogP contribution is 2.43. The molecule has 2 aromatic heterocycles. The van der Waals surface area contributed by atoms with Crippen LogP contribution < -0.4 is 25.4 Å². The van der Waals surface area contributed by atoms with Crippen LogP contribution in [0, 0.1) is 0 Å². The van der Waals surface area contributed by atoms with Gasteiger partial charge in [0.1, 0.15) is 11.5 Å². The Kier molecular flexibility index (Phi) is 6.61. The molecule has 2 N–H and O–H groups in total. The minimum atomic E-state index is -0.121. The second kappa shape index (κ2) is 10.7. The molecule has 40 heavy (non-hydrogen) atoms. The first kappa shape index (κ1) is 24.7. The van der Waals surface area contributed by atoms with Gasteiger partial charge in [-0.25, -0.2) is 0 Å². The number of aromatic nitrogens is 2. The van der Waals surface area contributed by atoms with Gasteiger partial charge in [-0.2, -0.15) is 0 Å². The molecular weight excluding hydrogens is 502 g/mol. The fourth-order valence-corrected chi connectivity index (χ4v) is 5.90. The van der Waals surface area contributed by atoms with Crippen molar-refractivity contribution in [2.45, 2.75) is 25.8 Å². The summed E-state index contributed by atoms with van der Waals surface area (Å²) in [4.78, 5) is 24.7. The number of pyridine rings is 2. The van der Waals surface area contributed by atoms with Crippen molar-refractivity contribution in [3.05, 3.63) is 94.0 Å². The lowest BCUT2D eigenvalue weighted by molar-refractivity contribution is 0.122. The summed E-state index contributed by atoms with van der Waals surface area (Å²) in [5.74, 6) is 1.64. The molecule has 7 rings (SSSR count). The minimum Gasteiger partial charge on any atom is -0.456 e. The maximum absolute atomic E-state index is 12.6. The monoisotopic (exact) mass is 535 g/mol. The van der Waals surface area contributed by atoms with Gasteiger partial charge >= 0.3 is 0 Å². The van der Waals surface area contributed by atoms with E-state index in [2.05, 4.69) is 49.4 Å². The fourth-order valence-electron chi connectivity index (χ4n) is 5.90. The van der Waals surface area contributed by atoms with Crippen LogP contribution in [0.2, 0.25) is 0 Å². The molecule has 0 unspecified atom stereocenters. The number of nitrogens with zero attached hydrogens (tertiary/aromatic N) is 3. The van der Waals surface area contributed by atoms with Crippen LogP contribution in [-0.2, 0) is 17.7 Å². The van der Waals surface area contributed by atoms with E-state index in [0.717, 1.165) is 77.9 Å². The number of para-hydroxylation sites is 1. The van der Waals surface area contributed by atoms with Crippen molar-refractivity contribution in [3.8, 4) is 22.8 Å². The molecule has 8 heteroatoms. The number of ether oxygens (including phenoxy) is 2. The van der Waals surface area contributed by atoms with Crippen LogP contribution in [0.1, 0.15) is 29.5 Å². The van der Waals surface area contributed by atoms with Crippen LogP contribution in [0.3, 0.4) is 0 Å². The van der Waals surface area contributed by atoms with E-state index < -0.39 is 0 Å². The van der Waals surface area contributed by atoms with E-state index in [9.17, 15) is 4.79 Å². The summed E-state index contributed by atoms with van der Waals surface area (Å²) in [5.41, 5.74) is 8.10. The van der Waals surface area contributed by atoms with Gasteiger partial charge in [0.2, 0.25) is 5.56 Å². The molecule has 2 aromatic carbocycles. The zero-order valence-electron chi connectivity index (χ0n) is 22.5. The molecule has 4 aromatic rings. The summed E-state index contributed by atoms with van der Waals surface area (Å²) in [6.07, 6.45) is 7.16. The number of rotatable bonds is 6. The van der Waals surface area contributed by atoms with Crippen molar-refractivity contribution in [1.82, 2.24) is 9.97 Å². The van der Waals surface area contributed by atoms with Crippen molar-refractivity contribution in [3.63, 3.8) is 0 Å². The Bertz CT molecular complexity index is 1590.